The lowest BCUT2D eigenvalue weighted by Gasteiger charge is -2.03. The van der Waals surface area contributed by atoms with Crippen molar-refractivity contribution in [3.8, 4) is 0 Å². The summed E-state index contributed by atoms with van der Waals surface area (Å²) in [6.07, 6.45) is 6.64. The van der Waals surface area contributed by atoms with Crippen molar-refractivity contribution in [2.24, 2.45) is 5.92 Å². The first-order chi connectivity index (χ1) is 6.43. The van der Waals surface area contributed by atoms with Gasteiger partial charge in [0.15, 0.2) is 0 Å². The van der Waals surface area contributed by atoms with Crippen LogP contribution in [0.15, 0.2) is 0 Å². The summed E-state index contributed by atoms with van der Waals surface area (Å²) in [5.74, 6) is 0.918. The van der Waals surface area contributed by atoms with Crippen LogP contribution in [0.25, 0.3) is 0 Å². The molecule has 0 aromatic rings. The minimum Gasteiger partial charge on any atom is -0.381 e. The summed E-state index contributed by atoms with van der Waals surface area (Å²) in [7, 11) is 0. The largest absolute Gasteiger partial charge is 0.381 e. The Labute approximate surface area is 82.0 Å². The quantitative estimate of drug-likeness (QED) is 0.556. The molecule has 1 fully saturated rings. The van der Waals surface area contributed by atoms with Gasteiger partial charge in [0.2, 0.25) is 0 Å². The molecule has 0 atom stereocenters. The molecule has 0 unspecified atom stereocenters. The molecule has 0 aliphatic heterocycles. The minimum atomic E-state index is 0.918. The second kappa shape index (κ2) is 7.34. The van der Waals surface area contributed by atoms with Crippen LogP contribution in [0.4, 0.5) is 0 Å². The van der Waals surface area contributed by atoms with Gasteiger partial charge < -0.3 is 10.1 Å². The molecule has 1 rings (SSSR count). The average Bonchev–Trinajstić information content (AvgIpc) is 2.93. The molecule has 1 aliphatic carbocycles. The Kier molecular flexibility index (Phi) is 6.21. The van der Waals surface area contributed by atoms with Gasteiger partial charge in [0.25, 0.3) is 0 Å². The van der Waals surface area contributed by atoms with Crippen LogP contribution in [0, 0.1) is 5.92 Å². The number of ether oxygens (including phenoxy) is 1. The lowest BCUT2D eigenvalue weighted by molar-refractivity contribution is 0.120. The van der Waals surface area contributed by atoms with Crippen LogP contribution in [0.1, 0.15) is 39.0 Å². The second-order valence-electron chi connectivity index (χ2n) is 3.93. The van der Waals surface area contributed by atoms with Crippen LogP contribution >= 0.6 is 0 Å². The van der Waals surface area contributed by atoms with Crippen molar-refractivity contribution < 1.29 is 4.74 Å². The van der Waals surface area contributed by atoms with Gasteiger partial charge in [-0.25, -0.2) is 0 Å². The number of nitrogens with one attached hydrogen (secondary N) is 1. The van der Waals surface area contributed by atoms with Gasteiger partial charge in [-0.15, -0.1) is 0 Å². The first-order valence-corrected chi connectivity index (χ1v) is 5.72. The number of unbranched alkanes of at least 4 members (excludes halogenated alkanes) is 2. The molecule has 0 spiro atoms. The molecule has 2 nitrogen and oxygen atoms in total. The lowest BCUT2D eigenvalue weighted by Crippen LogP contribution is -2.13. The molecule has 0 radical (unpaired) electrons. The highest BCUT2D eigenvalue weighted by molar-refractivity contribution is 4.71. The average molecular weight is 185 g/mol. The molecule has 78 valence electrons. The molecule has 2 heteroatoms. The summed E-state index contributed by atoms with van der Waals surface area (Å²) in [4.78, 5) is 0. The fourth-order valence-electron chi connectivity index (χ4n) is 1.34. The van der Waals surface area contributed by atoms with E-state index in [0.717, 1.165) is 25.7 Å². The molecule has 1 saturated carbocycles. The molecule has 0 aromatic carbocycles. The third-order valence-corrected chi connectivity index (χ3v) is 2.44. The zero-order chi connectivity index (χ0) is 9.36. The highest BCUT2D eigenvalue weighted by atomic mass is 16.5. The van der Waals surface area contributed by atoms with Crippen molar-refractivity contribution in [2.75, 3.05) is 26.3 Å². The normalized spacial score (nSPS) is 16.4. The summed E-state index contributed by atoms with van der Waals surface area (Å²) in [6.45, 7) is 6.41. The summed E-state index contributed by atoms with van der Waals surface area (Å²) in [5, 5.41) is 3.33. The van der Waals surface area contributed by atoms with Gasteiger partial charge in [-0.2, -0.15) is 0 Å². The number of hydrogen-bond donors (Lipinski definition) is 1. The Morgan fingerprint density at radius 2 is 2.08 bits per heavy atom. The molecule has 0 bridgehead atoms. The molecule has 1 aliphatic rings. The van der Waals surface area contributed by atoms with Crippen molar-refractivity contribution in [2.45, 2.75) is 39.0 Å². The Morgan fingerprint density at radius 1 is 1.23 bits per heavy atom. The van der Waals surface area contributed by atoms with Crippen molar-refractivity contribution in [3.63, 3.8) is 0 Å². The molecule has 1 N–H and O–H groups in total. The van der Waals surface area contributed by atoms with E-state index in [9.17, 15) is 0 Å². The maximum atomic E-state index is 5.54. The third-order valence-electron chi connectivity index (χ3n) is 2.44. The zero-order valence-electron chi connectivity index (χ0n) is 8.85. The van der Waals surface area contributed by atoms with Crippen LogP contribution < -0.4 is 5.32 Å². The fourth-order valence-corrected chi connectivity index (χ4v) is 1.34. The van der Waals surface area contributed by atoms with E-state index in [1.54, 1.807) is 0 Å². The van der Waals surface area contributed by atoms with Crippen molar-refractivity contribution >= 4 is 0 Å². The Morgan fingerprint density at radius 3 is 2.77 bits per heavy atom. The molecular formula is C11H23NO. The SMILES string of the molecule is CCNCCCCCOCC1CC1. The summed E-state index contributed by atoms with van der Waals surface area (Å²) >= 11 is 0. The summed E-state index contributed by atoms with van der Waals surface area (Å²) in [5.41, 5.74) is 0. The van der Waals surface area contributed by atoms with Crippen LogP contribution in [-0.2, 0) is 4.74 Å². The summed E-state index contributed by atoms with van der Waals surface area (Å²) in [6, 6.07) is 0. The van der Waals surface area contributed by atoms with Gasteiger partial charge >= 0.3 is 0 Å². The Balaban J connectivity index is 1.63. The Hall–Kier alpha value is -0.0800. The van der Waals surface area contributed by atoms with Crippen LogP contribution in [0.2, 0.25) is 0 Å². The van der Waals surface area contributed by atoms with Crippen molar-refractivity contribution in [3.05, 3.63) is 0 Å². The van der Waals surface area contributed by atoms with E-state index in [2.05, 4.69) is 12.2 Å². The molecule has 0 amide bonds. The standard InChI is InChI=1S/C11H23NO/c1-2-12-8-4-3-5-9-13-10-11-6-7-11/h11-12H,2-10H2,1H3. The zero-order valence-corrected chi connectivity index (χ0v) is 8.85. The van der Waals surface area contributed by atoms with E-state index < -0.39 is 0 Å². The predicted octanol–water partition coefficient (Wildman–Crippen LogP) is 2.19. The smallest absolute Gasteiger partial charge is 0.0494 e. The van der Waals surface area contributed by atoms with Gasteiger partial charge in [-0.05, 0) is 51.1 Å². The second-order valence-corrected chi connectivity index (χ2v) is 3.93. The van der Waals surface area contributed by atoms with Crippen LogP contribution in [0.5, 0.6) is 0 Å². The van der Waals surface area contributed by atoms with Crippen LogP contribution in [0.3, 0.4) is 0 Å². The molecule has 13 heavy (non-hydrogen) atoms. The van der Waals surface area contributed by atoms with Gasteiger partial charge in [0.05, 0.1) is 0 Å². The molecule has 0 heterocycles. The number of hydrogen-bond acceptors (Lipinski definition) is 2. The van der Waals surface area contributed by atoms with Crippen LogP contribution in [-0.4, -0.2) is 26.3 Å². The minimum absolute atomic E-state index is 0.918. The number of rotatable bonds is 9. The van der Waals surface area contributed by atoms with Gasteiger partial charge in [-0.1, -0.05) is 6.92 Å². The molecule has 0 saturated heterocycles. The van der Waals surface area contributed by atoms with Gasteiger partial charge in [0, 0.05) is 13.2 Å². The first-order valence-electron chi connectivity index (χ1n) is 5.72. The molecular weight excluding hydrogens is 162 g/mol. The van der Waals surface area contributed by atoms with E-state index in [0.29, 0.717) is 0 Å². The third kappa shape index (κ3) is 7.03. The van der Waals surface area contributed by atoms with Gasteiger partial charge in [-0.3, -0.25) is 0 Å². The van der Waals surface area contributed by atoms with E-state index in [1.807, 2.05) is 0 Å². The van der Waals surface area contributed by atoms with E-state index in [-0.39, 0.29) is 0 Å². The fraction of sp³-hybridized carbons (Fsp3) is 1.00. The first kappa shape index (κ1) is 11.0. The summed E-state index contributed by atoms with van der Waals surface area (Å²) < 4.78 is 5.54. The predicted molar refractivity (Wildman–Crippen MR) is 55.9 cm³/mol. The maximum Gasteiger partial charge on any atom is 0.0494 e. The lowest BCUT2D eigenvalue weighted by atomic mass is 10.2. The molecule has 0 aromatic heterocycles. The van der Waals surface area contributed by atoms with Crippen molar-refractivity contribution in [1.29, 1.82) is 0 Å². The van der Waals surface area contributed by atoms with Gasteiger partial charge in [0.1, 0.15) is 0 Å². The maximum absolute atomic E-state index is 5.54. The van der Waals surface area contributed by atoms with Crippen molar-refractivity contribution in [1.82, 2.24) is 5.32 Å². The van der Waals surface area contributed by atoms with E-state index >= 15 is 0 Å². The van der Waals surface area contributed by atoms with E-state index in [4.69, 9.17) is 4.74 Å². The van der Waals surface area contributed by atoms with E-state index in [1.165, 1.54) is 38.6 Å². The monoisotopic (exact) mass is 185 g/mol. The Bertz CT molecular complexity index is 113. The topological polar surface area (TPSA) is 21.3 Å². The highest BCUT2D eigenvalue weighted by Gasteiger charge is 2.20. The highest BCUT2D eigenvalue weighted by Crippen LogP contribution is 2.28.